The van der Waals surface area contributed by atoms with Crippen LogP contribution in [0.15, 0.2) is 11.3 Å². The van der Waals surface area contributed by atoms with Crippen LogP contribution >= 0.6 is 0 Å². The van der Waals surface area contributed by atoms with Crippen LogP contribution in [0, 0.1) is 11.3 Å². The molecule has 0 aromatic carbocycles. The van der Waals surface area contributed by atoms with Gasteiger partial charge in [-0.25, -0.2) is 4.79 Å². The van der Waals surface area contributed by atoms with Gasteiger partial charge in [0.05, 0.1) is 12.2 Å². The van der Waals surface area contributed by atoms with Crippen molar-refractivity contribution in [2.24, 2.45) is 0 Å². The summed E-state index contributed by atoms with van der Waals surface area (Å²) in [5, 5.41) is 17.4. The first kappa shape index (κ1) is 12.5. The van der Waals surface area contributed by atoms with E-state index in [4.69, 9.17) is 15.1 Å². The number of carboxylic acids is 1. The molecule has 0 amide bonds. The Morgan fingerprint density at radius 3 is 2.50 bits per heavy atom. The number of hydrogen-bond acceptors (Lipinski definition) is 3. The van der Waals surface area contributed by atoms with Crippen LogP contribution in [0.5, 0.6) is 0 Å². The van der Waals surface area contributed by atoms with Crippen molar-refractivity contribution in [2.75, 3.05) is 6.61 Å². The molecule has 4 nitrogen and oxygen atoms in total. The Balaban J connectivity index is 4.49. The van der Waals surface area contributed by atoms with Gasteiger partial charge in [-0.1, -0.05) is 20.3 Å². The zero-order chi connectivity index (χ0) is 11.0. The van der Waals surface area contributed by atoms with E-state index in [9.17, 15) is 4.79 Å². The SMILES string of the molecule is CCCCOC(C#N)=C(CC)C(=O)O. The van der Waals surface area contributed by atoms with E-state index < -0.39 is 5.97 Å². The van der Waals surface area contributed by atoms with Crippen LogP contribution < -0.4 is 0 Å². The lowest BCUT2D eigenvalue weighted by atomic mass is 10.2. The van der Waals surface area contributed by atoms with Crippen LogP contribution in [0.3, 0.4) is 0 Å². The average molecular weight is 197 g/mol. The van der Waals surface area contributed by atoms with Gasteiger partial charge in [0.15, 0.2) is 0 Å². The molecule has 0 unspecified atom stereocenters. The molecule has 0 aromatic heterocycles. The fourth-order valence-corrected chi connectivity index (χ4v) is 0.914. The molecule has 0 saturated carbocycles. The highest BCUT2D eigenvalue weighted by atomic mass is 16.5. The highest BCUT2D eigenvalue weighted by Crippen LogP contribution is 2.10. The maximum absolute atomic E-state index is 10.7. The van der Waals surface area contributed by atoms with E-state index >= 15 is 0 Å². The number of rotatable bonds is 6. The van der Waals surface area contributed by atoms with Gasteiger partial charge in [-0.05, 0) is 12.8 Å². The van der Waals surface area contributed by atoms with Crippen molar-refractivity contribution < 1.29 is 14.6 Å². The minimum atomic E-state index is -1.08. The second-order valence-electron chi connectivity index (χ2n) is 2.78. The van der Waals surface area contributed by atoms with Gasteiger partial charge in [-0.3, -0.25) is 0 Å². The van der Waals surface area contributed by atoms with Crippen LogP contribution in [0.4, 0.5) is 0 Å². The van der Waals surface area contributed by atoms with Crippen LogP contribution in [0.1, 0.15) is 33.1 Å². The molecule has 0 aromatic rings. The van der Waals surface area contributed by atoms with E-state index in [1.165, 1.54) is 0 Å². The van der Waals surface area contributed by atoms with E-state index in [0.717, 1.165) is 12.8 Å². The van der Waals surface area contributed by atoms with Gasteiger partial charge in [0, 0.05) is 0 Å². The zero-order valence-corrected chi connectivity index (χ0v) is 8.54. The van der Waals surface area contributed by atoms with E-state index in [2.05, 4.69) is 0 Å². The minimum absolute atomic E-state index is 0.0450. The number of ether oxygens (including phenoxy) is 1. The molecular formula is C10H15NO3. The topological polar surface area (TPSA) is 70.3 Å². The normalized spacial score (nSPS) is 11.5. The summed E-state index contributed by atoms with van der Waals surface area (Å²) in [7, 11) is 0. The van der Waals surface area contributed by atoms with Crippen LogP contribution in [-0.4, -0.2) is 17.7 Å². The molecule has 0 rings (SSSR count). The first-order valence-corrected chi connectivity index (χ1v) is 4.66. The number of aliphatic carboxylic acids is 1. The summed E-state index contributed by atoms with van der Waals surface area (Å²) in [4.78, 5) is 10.7. The Kier molecular flexibility index (Phi) is 6.21. The first-order chi connectivity index (χ1) is 6.67. The lowest BCUT2D eigenvalue weighted by Crippen LogP contribution is -2.06. The standard InChI is InChI=1S/C10H15NO3/c1-3-5-6-14-9(7-11)8(4-2)10(12)13/h3-6H2,1-2H3,(H,12,13). The van der Waals surface area contributed by atoms with Crippen LogP contribution in [0.25, 0.3) is 0 Å². The van der Waals surface area contributed by atoms with Crippen LogP contribution in [0.2, 0.25) is 0 Å². The zero-order valence-electron chi connectivity index (χ0n) is 8.54. The van der Waals surface area contributed by atoms with Gasteiger partial charge >= 0.3 is 5.97 Å². The molecule has 0 radical (unpaired) electrons. The third-order valence-corrected chi connectivity index (χ3v) is 1.73. The van der Waals surface area contributed by atoms with E-state index in [0.29, 0.717) is 13.0 Å². The van der Waals surface area contributed by atoms with Crippen molar-refractivity contribution in [3.8, 4) is 6.07 Å². The average Bonchev–Trinajstić information content (AvgIpc) is 2.16. The maximum atomic E-state index is 10.7. The Hall–Kier alpha value is -1.50. The highest BCUT2D eigenvalue weighted by molar-refractivity contribution is 5.87. The van der Waals surface area contributed by atoms with Gasteiger partial charge in [0.25, 0.3) is 0 Å². The van der Waals surface area contributed by atoms with Crippen molar-refractivity contribution >= 4 is 5.97 Å². The summed E-state index contributed by atoms with van der Waals surface area (Å²) in [6.45, 7) is 4.08. The summed E-state index contributed by atoms with van der Waals surface area (Å²) >= 11 is 0. The van der Waals surface area contributed by atoms with Gasteiger partial charge in [0.1, 0.15) is 6.07 Å². The number of nitrogens with zero attached hydrogens (tertiary/aromatic N) is 1. The number of unbranched alkanes of at least 4 members (excludes halogenated alkanes) is 1. The number of carbonyl (C=O) groups is 1. The third kappa shape index (κ3) is 3.94. The summed E-state index contributed by atoms with van der Waals surface area (Å²) in [5.74, 6) is -1.14. The molecule has 1 N–H and O–H groups in total. The van der Waals surface area contributed by atoms with Crippen molar-refractivity contribution in [3.63, 3.8) is 0 Å². The van der Waals surface area contributed by atoms with Crippen molar-refractivity contribution in [3.05, 3.63) is 11.3 Å². The molecule has 0 spiro atoms. The molecule has 0 fully saturated rings. The summed E-state index contributed by atoms with van der Waals surface area (Å²) < 4.78 is 5.08. The smallest absolute Gasteiger partial charge is 0.336 e. The second-order valence-corrected chi connectivity index (χ2v) is 2.78. The molecule has 0 aliphatic rings. The van der Waals surface area contributed by atoms with Gasteiger partial charge < -0.3 is 9.84 Å². The monoisotopic (exact) mass is 197 g/mol. The summed E-state index contributed by atoms with van der Waals surface area (Å²) in [5.41, 5.74) is 0.0450. The van der Waals surface area contributed by atoms with E-state index in [1.54, 1.807) is 13.0 Å². The Morgan fingerprint density at radius 1 is 1.50 bits per heavy atom. The fraction of sp³-hybridized carbons (Fsp3) is 0.600. The lowest BCUT2D eigenvalue weighted by molar-refractivity contribution is -0.133. The molecule has 78 valence electrons. The minimum Gasteiger partial charge on any atom is -0.483 e. The number of carboxylic acid groups (broad SMARTS) is 1. The molecule has 14 heavy (non-hydrogen) atoms. The predicted octanol–water partition coefficient (Wildman–Crippen LogP) is 2.08. The highest BCUT2D eigenvalue weighted by Gasteiger charge is 2.13. The summed E-state index contributed by atoms with van der Waals surface area (Å²) in [6, 6.07) is 1.77. The molecule has 0 aliphatic heterocycles. The van der Waals surface area contributed by atoms with E-state index in [1.807, 2.05) is 6.92 Å². The number of nitriles is 1. The summed E-state index contributed by atoms with van der Waals surface area (Å²) in [6.07, 6.45) is 2.07. The Bertz CT molecular complexity index is 263. The first-order valence-electron chi connectivity index (χ1n) is 4.66. The van der Waals surface area contributed by atoms with Gasteiger partial charge in [-0.15, -0.1) is 0 Å². The van der Waals surface area contributed by atoms with Crippen molar-refractivity contribution in [2.45, 2.75) is 33.1 Å². The quantitative estimate of drug-likeness (QED) is 0.306. The largest absolute Gasteiger partial charge is 0.483 e. The van der Waals surface area contributed by atoms with Gasteiger partial charge in [-0.2, -0.15) is 5.26 Å². The van der Waals surface area contributed by atoms with Crippen molar-refractivity contribution in [1.29, 1.82) is 5.26 Å². The Labute approximate surface area is 83.8 Å². The molecule has 0 atom stereocenters. The van der Waals surface area contributed by atoms with Crippen molar-refractivity contribution in [1.82, 2.24) is 0 Å². The Morgan fingerprint density at radius 2 is 2.14 bits per heavy atom. The van der Waals surface area contributed by atoms with Gasteiger partial charge in [0.2, 0.25) is 5.76 Å². The predicted molar refractivity (Wildman–Crippen MR) is 51.4 cm³/mol. The number of hydrogen-bond donors (Lipinski definition) is 1. The molecule has 4 heteroatoms. The van der Waals surface area contributed by atoms with Crippen LogP contribution in [-0.2, 0) is 9.53 Å². The maximum Gasteiger partial charge on any atom is 0.336 e. The lowest BCUT2D eigenvalue weighted by Gasteiger charge is -2.05. The third-order valence-electron chi connectivity index (χ3n) is 1.73. The molecule has 0 saturated heterocycles. The molecular weight excluding hydrogens is 182 g/mol. The fourth-order valence-electron chi connectivity index (χ4n) is 0.914. The second kappa shape index (κ2) is 6.96. The molecule has 0 bridgehead atoms. The number of allylic oxidation sites excluding steroid dienone is 1. The molecule has 0 aliphatic carbocycles. The molecule has 0 heterocycles. The van der Waals surface area contributed by atoms with E-state index in [-0.39, 0.29) is 11.3 Å².